The molecule has 4 rings (SSSR count). The zero-order chi connectivity index (χ0) is 22.1. The highest BCUT2D eigenvalue weighted by molar-refractivity contribution is 9.10. The first-order valence-corrected chi connectivity index (χ1v) is 10.5. The van der Waals surface area contributed by atoms with Gasteiger partial charge < -0.3 is 10.6 Å². The fourth-order valence-electron chi connectivity index (χ4n) is 3.27. The van der Waals surface area contributed by atoms with Crippen LogP contribution in [0, 0.1) is 6.92 Å². The standard InChI is InChI=1S/C22H17BrClN5O2/c1-12-10-17(29(28-12)20-16(24)8-5-9-26-20)22(31)27-19-15(21(30)25-2)11-13-6-3-4-7-14(13)18(19)23/h3-11H,1-2H3,(H,25,30)(H,27,31). The Kier molecular flexibility index (Phi) is 5.75. The molecule has 0 aliphatic carbocycles. The van der Waals surface area contributed by atoms with Gasteiger partial charge in [-0.2, -0.15) is 5.10 Å². The van der Waals surface area contributed by atoms with E-state index in [1.165, 1.54) is 4.68 Å². The van der Waals surface area contributed by atoms with Gasteiger partial charge in [0, 0.05) is 17.7 Å². The molecule has 7 nitrogen and oxygen atoms in total. The van der Waals surface area contributed by atoms with Gasteiger partial charge in [-0.15, -0.1) is 0 Å². The lowest BCUT2D eigenvalue weighted by atomic mass is 10.0. The number of carbonyl (C=O) groups is 2. The monoisotopic (exact) mass is 497 g/mol. The number of halogens is 2. The maximum Gasteiger partial charge on any atom is 0.274 e. The van der Waals surface area contributed by atoms with E-state index in [0.717, 1.165) is 10.8 Å². The summed E-state index contributed by atoms with van der Waals surface area (Å²) in [6.07, 6.45) is 1.57. The van der Waals surface area contributed by atoms with Crippen LogP contribution in [0.5, 0.6) is 0 Å². The molecule has 2 N–H and O–H groups in total. The van der Waals surface area contributed by atoms with E-state index >= 15 is 0 Å². The number of nitrogens with zero attached hydrogens (tertiary/aromatic N) is 3. The summed E-state index contributed by atoms with van der Waals surface area (Å²) in [5, 5.41) is 11.9. The Morgan fingerprint density at radius 3 is 2.61 bits per heavy atom. The topological polar surface area (TPSA) is 88.9 Å². The van der Waals surface area contributed by atoms with Crippen molar-refractivity contribution in [2.75, 3.05) is 12.4 Å². The zero-order valence-corrected chi connectivity index (χ0v) is 19.0. The molecule has 4 aromatic rings. The Bertz CT molecular complexity index is 1330. The average Bonchev–Trinajstić information content (AvgIpc) is 3.16. The molecule has 0 bridgehead atoms. The molecule has 0 atom stereocenters. The van der Waals surface area contributed by atoms with Crippen LogP contribution in [0.3, 0.4) is 0 Å². The Morgan fingerprint density at radius 1 is 1.10 bits per heavy atom. The summed E-state index contributed by atoms with van der Waals surface area (Å²) in [4.78, 5) is 30.1. The van der Waals surface area contributed by atoms with E-state index in [0.29, 0.717) is 32.3 Å². The number of hydrogen-bond donors (Lipinski definition) is 2. The van der Waals surface area contributed by atoms with Gasteiger partial charge in [0.25, 0.3) is 11.8 Å². The summed E-state index contributed by atoms with van der Waals surface area (Å²) in [6.45, 7) is 1.77. The third-order valence-electron chi connectivity index (χ3n) is 4.70. The summed E-state index contributed by atoms with van der Waals surface area (Å²) in [6, 6.07) is 14.3. The minimum absolute atomic E-state index is 0.237. The maximum atomic E-state index is 13.3. The lowest BCUT2D eigenvalue weighted by Crippen LogP contribution is -2.23. The van der Waals surface area contributed by atoms with E-state index in [-0.39, 0.29) is 11.6 Å². The summed E-state index contributed by atoms with van der Waals surface area (Å²) in [5.41, 5.74) is 1.55. The van der Waals surface area contributed by atoms with Crippen molar-refractivity contribution in [2.45, 2.75) is 6.92 Å². The Balaban J connectivity index is 1.82. The van der Waals surface area contributed by atoms with E-state index in [1.807, 2.05) is 24.3 Å². The van der Waals surface area contributed by atoms with Gasteiger partial charge in [0.15, 0.2) is 5.82 Å². The van der Waals surface area contributed by atoms with Crippen LogP contribution >= 0.6 is 27.5 Å². The molecule has 2 aromatic carbocycles. The van der Waals surface area contributed by atoms with Gasteiger partial charge in [0.2, 0.25) is 0 Å². The summed E-state index contributed by atoms with van der Waals surface area (Å²) in [7, 11) is 1.54. The Hall–Kier alpha value is -3.23. The molecule has 2 amide bonds. The molecule has 2 heterocycles. The van der Waals surface area contributed by atoms with Crippen LogP contribution < -0.4 is 10.6 Å². The van der Waals surface area contributed by atoms with Gasteiger partial charge in [-0.1, -0.05) is 35.9 Å². The second-order valence-electron chi connectivity index (χ2n) is 6.76. The van der Waals surface area contributed by atoms with Crippen molar-refractivity contribution in [1.29, 1.82) is 0 Å². The molecule has 0 aliphatic heterocycles. The average molecular weight is 499 g/mol. The summed E-state index contributed by atoms with van der Waals surface area (Å²) >= 11 is 9.83. The molecule has 156 valence electrons. The predicted octanol–water partition coefficient (Wildman–Crippen LogP) is 4.76. The molecule has 0 fully saturated rings. The molecule has 0 aliphatic rings. The molecule has 31 heavy (non-hydrogen) atoms. The van der Waals surface area contributed by atoms with Crippen molar-refractivity contribution in [3.8, 4) is 5.82 Å². The predicted molar refractivity (Wildman–Crippen MR) is 124 cm³/mol. The normalized spacial score (nSPS) is 10.8. The number of rotatable bonds is 4. The Morgan fingerprint density at radius 2 is 1.87 bits per heavy atom. The number of anilines is 1. The van der Waals surface area contributed by atoms with Crippen molar-refractivity contribution in [3.05, 3.63) is 81.2 Å². The number of amides is 2. The van der Waals surface area contributed by atoms with Crippen LogP contribution in [0.4, 0.5) is 5.69 Å². The van der Waals surface area contributed by atoms with Crippen molar-refractivity contribution in [1.82, 2.24) is 20.1 Å². The number of hydrogen-bond acceptors (Lipinski definition) is 4. The molecule has 0 saturated heterocycles. The minimum atomic E-state index is -0.455. The van der Waals surface area contributed by atoms with Gasteiger partial charge >= 0.3 is 0 Å². The highest BCUT2D eigenvalue weighted by atomic mass is 79.9. The third-order valence-corrected chi connectivity index (χ3v) is 5.82. The van der Waals surface area contributed by atoms with Crippen LogP contribution in [-0.4, -0.2) is 33.6 Å². The Labute approximate surface area is 191 Å². The second-order valence-corrected chi connectivity index (χ2v) is 7.96. The number of aryl methyl sites for hydroxylation is 1. The number of benzene rings is 2. The summed E-state index contributed by atoms with van der Waals surface area (Å²) in [5.74, 6) is -0.436. The van der Waals surface area contributed by atoms with Crippen LogP contribution in [0.15, 0.2) is 59.2 Å². The first kappa shape index (κ1) is 21.0. The lowest BCUT2D eigenvalue weighted by Gasteiger charge is -2.15. The highest BCUT2D eigenvalue weighted by Gasteiger charge is 2.23. The molecular weight excluding hydrogens is 482 g/mol. The first-order chi connectivity index (χ1) is 14.9. The SMILES string of the molecule is CNC(=O)c1cc2ccccc2c(Br)c1NC(=O)c1cc(C)nn1-c1ncccc1Cl. The van der Waals surface area contributed by atoms with Gasteiger partial charge in [-0.05, 0) is 57.9 Å². The van der Waals surface area contributed by atoms with Crippen LogP contribution in [0.25, 0.3) is 16.6 Å². The molecule has 0 radical (unpaired) electrons. The molecule has 0 saturated carbocycles. The fourth-order valence-corrected chi connectivity index (χ4v) is 4.15. The largest absolute Gasteiger partial charge is 0.355 e. The third kappa shape index (κ3) is 3.92. The van der Waals surface area contributed by atoms with Gasteiger partial charge in [-0.25, -0.2) is 9.67 Å². The fraction of sp³-hybridized carbons (Fsp3) is 0.0909. The van der Waals surface area contributed by atoms with Gasteiger partial charge in [-0.3, -0.25) is 9.59 Å². The summed E-state index contributed by atoms with van der Waals surface area (Å²) < 4.78 is 2.00. The highest BCUT2D eigenvalue weighted by Crippen LogP contribution is 2.35. The molecule has 2 aromatic heterocycles. The molecule has 0 unspecified atom stereocenters. The number of fused-ring (bicyclic) bond motifs is 1. The smallest absolute Gasteiger partial charge is 0.274 e. The van der Waals surface area contributed by atoms with Crippen LogP contribution in [-0.2, 0) is 0 Å². The van der Waals surface area contributed by atoms with Crippen LogP contribution in [0.1, 0.15) is 26.5 Å². The van der Waals surface area contributed by atoms with Crippen molar-refractivity contribution in [2.24, 2.45) is 0 Å². The number of pyridine rings is 1. The number of carbonyl (C=O) groups excluding carboxylic acids is 2. The van der Waals surface area contributed by atoms with E-state index in [9.17, 15) is 9.59 Å². The maximum absolute atomic E-state index is 13.3. The zero-order valence-electron chi connectivity index (χ0n) is 16.6. The second kappa shape index (κ2) is 8.49. The number of nitrogens with one attached hydrogen (secondary N) is 2. The van der Waals surface area contributed by atoms with Gasteiger partial charge in [0.05, 0.1) is 22.0 Å². The van der Waals surface area contributed by atoms with E-state index < -0.39 is 5.91 Å². The van der Waals surface area contributed by atoms with E-state index in [1.54, 1.807) is 44.4 Å². The van der Waals surface area contributed by atoms with Crippen LogP contribution in [0.2, 0.25) is 5.02 Å². The quantitative estimate of drug-likeness (QED) is 0.425. The molecular formula is C22H17BrClN5O2. The minimum Gasteiger partial charge on any atom is -0.355 e. The molecule has 9 heteroatoms. The van der Waals surface area contributed by atoms with E-state index in [4.69, 9.17) is 11.6 Å². The first-order valence-electron chi connectivity index (χ1n) is 9.33. The molecule has 0 spiro atoms. The van der Waals surface area contributed by atoms with Gasteiger partial charge in [0.1, 0.15) is 5.69 Å². The van der Waals surface area contributed by atoms with Crippen molar-refractivity contribution >= 4 is 55.8 Å². The lowest BCUT2D eigenvalue weighted by molar-refractivity contribution is 0.0964. The van der Waals surface area contributed by atoms with Crippen molar-refractivity contribution < 1.29 is 9.59 Å². The van der Waals surface area contributed by atoms with E-state index in [2.05, 4.69) is 36.6 Å². The van der Waals surface area contributed by atoms with Crippen molar-refractivity contribution in [3.63, 3.8) is 0 Å². The number of aromatic nitrogens is 3.